The molecule has 0 atom stereocenters. The second kappa shape index (κ2) is 3.74. The molecule has 0 spiro atoms. The number of hydrogen-bond acceptors (Lipinski definition) is 1. The molecule has 2 aromatic heterocycles. The average Bonchev–Trinajstić information content (AvgIpc) is 2.69. The molecule has 0 aliphatic carbocycles. The molecule has 0 N–H and O–H groups in total. The zero-order valence-electron chi connectivity index (χ0n) is 10.0. The highest BCUT2D eigenvalue weighted by Gasteiger charge is 2.07. The molecule has 2 heterocycles. The third kappa shape index (κ3) is 1.53. The Kier molecular flexibility index (Phi) is 2.22. The van der Waals surface area contributed by atoms with Gasteiger partial charge in [-0.3, -0.25) is 4.98 Å². The number of rotatable bonds is 1. The van der Waals surface area contributed by atoms with Gasteiger partial charge in [-0.15, -0.1) is 0 Å². The van der Waals surface area contributed by atoms with Crippen molar-refractivity contribution in [2.75, 3.05) is 0 Å². The summed E-state index contributed by atoms with van der Waals surface area (Å²) in [4.78, 5) is 4.17. The van der Waals surface area contributed by atoms with Gasteiger partial charge in [0.1, 0.15) is 0 Å². The van der Waals surface area contributed by atoms with E-state index in [-0.39, 0.29) is 0 Å². The van der Waals surface area contributed by atoms with Gasteiger partial charge in [0.25, 0.3) is 0 Å². The van der Waals surface area contributed by atoms with E-state index >= 15 is 0 Å². The first-order chi connectivity index (χ1) is 8.27. The molecule has 0 bridgehead atoms. The minimum atomic E-state index is 1.18. The van der Waals surface area contributed by atoms with Crippen molar-refractivity contribution in [2.45, 2.75) is 13.8 Å². The summed E-state index contributed by atoms with van der Waals surface area (Å²) >= 11 is 0. The molecular weight excluding hydrogens is 208 g/mol. The van der Waals surface area contributed by atoms with Crippen LogP contribution in [0.2, 0.25) is 0 Å². The number of fused-ring (bicyclic) bond motifs is 1. The van der Waals surface area contributed by atoms with Gasteiger partial charge in [-0.05, 0) is 38.1 Å². The number of hydrogen-bond donors (Lipinski definition) is 0. The van der Waals surface area contributed by atoms with E-state index in [0.29, 0.717) is 0 Å². The van der Waals surface area contributed by atoms with Crippen LogP contribution in [0.15, 0.2) is 48.8 Å². The van der Waals surface area contributed by atoms with E-state index < -0.39 is 0 Å². The van der Waals surface area contributed by atoms with Gasteiger partial charge in [0, 0.05) is 34.6 Å². The number of aryl methyl sites for hydroxylation is 2. The number of benzene rings is 1. The van der Waals surface area contributed by atoms with Gasteiger partial charge >= 0.3 is 0 Å². The van der Waals surface area contributed by atoms with Gasteiger partial charge in [-0.2, -0.15) is 0 Å². The third-order valence-electron chi connectivity index (χ3n) is 3.17. The molecule has 84 valence electrons. The number of nitrogens with zero attached hydrogens (tertiary/aromatic N) is 2. The van der Waals surface area contributed by atoms with Crippen LogP contribution in [0.25, 0.3) is 16.5 Å². The van der Waals surface area contributed by atoms with E-state index in [1.165, 1.54) is 27.8 Å². The molecule has 3 rings (SSSR count). The first-order valence-corrected chi connectivity index (χ1v) is 5.75. The monoisotopic (exact) mass is 222 g/mol. The number of aromatic nitrogens is 2. The lowest BCUT2D eigenvalue weighted by atomic mass is 10.1. The normalized spacial score (nSPS) is 10.9. The summed E-state index contributed by atoms with van der Waals surface area (Å²) in [5.41, 5.74) is 3.74. The van der Waals surface area contributed by atoms with Crippen LogP contribution in [-0.4, -0.2) is 9.55 Å². The molecule has 1 aromatic carbocycles. The standard InChI is InChI=1S/C15H14N2/c1-11-6-7-12(2)17(11)15-5-3-4-13-10-16-9-8-14(13)15/h3-10H,1-2H3. The minimum absolute atomic E-state index is 1.18. The van der Waals surface area contributed by atoms with Gasteiger partial charge in [0.2, 0.25) is 0 Å². The highest BCUT2D eigenvalue weighted by atomic mass is 15.0. The molecule has 0 unspecified atom stereocenters. The highest BCUT2D eigenvalue weighted by Crippen LogP contribution is 2.24. The largest absolute Gasteiger partial charge is 0.318 e. The van der Waals surface area contributed by atoms with Gasteiger partial charge in [-0.1, -0.05) is 12.1 Å². The van der Waals surface area contributed by atoms with Crippen LogP contribution in [0.4, 0.5) is 0 Å². The predicted molar refractivity (Wildman–Crippen MR) is 70.5 cm³/mol. The van der Waals surface area contributed by atoms with Gasteiger partial charge in [0.05, 0.1) is 5.69 Å². The fourth-order valence-corrected chi connectivity index (χ4v) is 2.35. The Morgan fingerprint density at radius 1 is 0.941 bits per heavy atom. The van der Waals surface area contributed by atoms with Crippen LogP contribution in [0, 0.1) is 13.8 Å². The minimum Gasteiger partial charge on any atom is -0.318 e. The molecule has 0 aliphatic heterocycles. The lowest BCUT2D eigenvalue weighted by Gasteiger charge is -2.12. The molecule has 2 nitrogen and oxygen atoms in total. The van der Waals surface area contributed by atoms with Gasteiger partial charge < -0.3 is 4.57 Å². The maximum absolute atomic E-state index is 4.17. The van der Waals surface area contributed by atoms with Crippen LogP contribution in [0.5, 0.6) is 0 Å². The summed E-state index contributed by atoms with van der Waals surface area (Å²) in [6, 6.07) is 12.7. The van der Waals surface area contributed by atoms with Crippen LogP contribution >= 0.6 is 0 Å². The fourth-order valence-electron chi connectivity index (χ4n) is 2.35. The number of pyridine rings is 1. The topological polar surface area (TPSA) is 17.8 Å². The molecular formula is C15H14N2. The third-order valence-corrected chi connectivity index (χ3v) is 3.17. The van der Waals surface area contributed by atoms with Crippen LogP contribution in [0.1, 0.15) is 11.4 Å². The van der Waals surface area contributed by atoms with E-state index in [9.17, 15) is 0 Å². The summed E-state index contributed by atoms with van der Waals surface area (Å²) < 4.78 is 2.28. The van der Waals surface area contributed by atoms with Crippen molar-refractivity contribution in [3.8, 4) is 5.69 Å². The van der Waals surface area contributed by atoms with Crippen LogP contribution in [0.3, 0.4) is 0 Å². The SMILES string of the molecule is Cc1ccc(C)n1-c1cccc2cnccc12. The Balaban J connectivity index is 2.38. The first kappa shape index (κ1) is 10.1. The highest BCUT2D eigenvalue weighted by molar-refractivity contribution is 5.89. The molecule has 3 aromatic rings. The zero-order chi connectivity index (χ0) is 11.8. The quantitative estimate of drug-likeness (QED) is 0.614. The smallest absolute Gasteiger partial charge is 0.0534 e. The Morgan fingerprint density at radius 3 is 2.47 bits per heavy atom. The lowest BCUT2D eigenvalue weighted by Crippen LogP contribution is -1.99. The average molecular weight is 222 g/mol. The summed E-state index contributed by atoms with van der Waals surface area (Å²) in [5, 5.41) is 2.42. The summed E-state index contributed by atoms with van der Waals surface area (Å²) in [7, 11) is 0. The fraction of sp³-hybridized carbons (Fsp3) is 0.133. The second-order valence-corrected chi connectivity index (χ2v) is 4.33. The Bertz CT molecular complexity index is 655. The summed E-state index contributed by atoms with van der Waals surface area (Å²) in [5.74, 6) is 0. The van der Waals surface area contributed by atoms with Crippen LogP contribution in [-0.2, 0) is 0 Å². The lowest BCUT2D eigenvalue weighted by molar-refractivity contribution is 0.974. The van der Waals surface area contributed by atoms with E-state index in [1.807, 2.05) is 12.4 Å². The maximum Gasteiger partial charge on any atom is 0.0534 e. The van der Waals surface area contributed by atoms with E-state index in [1.54, 1.807) is 0 Å². The first-order valence-electron chi connectivity index (χ1n) is 5.75. The summed E-state index contributed by atoms with van der Waals surface area (Å²) in [6.07, 6.45) is 3.76. The molecule has 0 amide bonds. The van der Waals surface area contributed by atoms with Crippen molar-refractivity contribution in [3.63, 3.8) is 0 Å². The molecule has 0 fully saturated rings. The van der Waals surface area contributed by atoms with E-state index in [2.05, 4.69) is 59.8 Å². The molecule has 2 heteroatoms. The van der Waals surface area contributed by atoms with Crippen molar-refractivity contribution in [3.05, 3.63) is 60.2 Å². The molecule has 0 aliphatic rings. The predicted octanol–water partition coefficient (Wildman–Crippen LogP) is 3.64. The van der Waals surface area contributed by atoms with Crippen LogP contribution < -0.4 is 0 Å². The Morgan fingerprint density at radius 2 is 1.71 bits per heavy atom. The maximum atomic E-state index is 4.17. The van der Waals surface area contributed by atoms with Crippen molar-refractivity contribution >= 4 is 10.8 Å². The van der Waals surface area contributed by atoms with Crippen molar-refractivity contribution in [1.82, 2.24) is 9.55 Å². The summed E-state index contributed by atoms with van der Waals surface area (Å²) in [6.45, 7) is 4.26. The second-order valence-electron chi connectivity index (χ2n) is 4.33. The molecule has 17 heavy (non-hydrogen) atoms. The Labute approximate surface area is 101 Å². The van der Waals surface area contributed by atoms with Crippen molar-refractivity contribution in [2.24, 2.45) is 0 Å². The van der Waals surface area contributed by atoms with E-state index in [0.717, 1.165) is 0 Å². The van der Waals surface area contributed by atoms with E-state index in [4.69, 9.17) is 0 Å². The van der Waals surface area contributed by atoms with Crippen molar-refractivity contribution in [1.29, 1.82) is 0 Å². The molecule has 0 saturated carbocycles. The molecule has 0 saturated heterocycles. The van der Waals surface area contributed by atoms with Gasteiger partial charge in [-0.25, -0.2) is 0 Å². The Hall–Kier alpha value is -2.09. The zero-order valence-corrected chi connectivity index (χ0v) is 10.0. The van der Waals surface area contributed by atoms with Gasteiger partial charge in [0.15, 0.2) is 0 Å². The van der Waals surface area contributed by atoms with Crippen molar-refractivity contribution < 1.29 is 0 Å². The molecule has 0 radical (unpaired) electrons.